The number of nitrogens with one attached hydrogen (secondary N) is 1. The van der Waals surface area contributed by atoms with Crippen molar-refractivity contribution in [2.75, 3.05) is 13.1 Å². The van der Waals surface area contributed by atoms with Crippen molar-refractivity contribution in [3.8, 4) is 0 Å². The molecule has 0 bridgehead atoms. The number of rotatable bonds is 4. The van der Waals surface area contributed by atoms with E-state index in [0.717, 1.165) is 25.4 Å². The molecule has 1 atom stereocenters. The second-order valence-electron chi connectivity index (χ2n) is 6.15. The summed E-state index contributed by atoms with van der Waals surface area (Å²) < 4.78 is 0. The number of fused-ring (bicyclic) bond motifs is 1. The first-order chi connectivity index (χ1) is 9.74. The van der Waals surface area contributed by atoms with E-state index in [4.69, 9.17) is 0 Å². The minimum absolute atomic E-state index is 0.256. The van der Waals surface area contributed by atoms with Gasteiger partial charge in [0.25, 0.3) is 0 Å². The fourth-order valence-corrected chi connectivity index (χ4v) is 4.34. The molecule has 1 N–H and O–H groups in total. The highest BCUT2D eigenvalue weighted by atomic mass is 32.1. The van der Waals surface area contributed by atoms with Gasteiger partial charge in [0.05, 0.1) is 6.54 Å². The Bertz CT molecular complexity index is 465. The zero-order chi connectivity index (χ0) is 13.9. The fraction of sp³-hybridized carbons (Fsp3) is 0.688. The molecule has 3 nitrogen and oxygen atoms in total. The SMILES string of the molecule is CC(NCC(=O)N1CCc2sccc2C1)C1CCCC1. The quantitative estimate of drug-likeness (QED) is 0.925. The highest BCUT2D eigenvalue weighted by molar-refractivity contribution is 7.10. The van der Waals surface area contributed by atoms with Crippen LogP contribution in [0, 0.1) is 5.92 Å². The third kappa shape index (κ3) is 3.07. The van der Waals surface area contributed by atoms with E-state index in [2.05, 4.69) is 23.7 Å². The lowest BCUT2D eigenvalue weighted by Crippen LogP contribution is -2.44. The molecule has 20 heavy (non-hydrogen) atoms. The van der Waals surface area contributed by atoms with Crippen LogP contribution >= 0.6 is 11.3 Å². The van der Waals surface area contributed by atoms with Gasteiger partial charge in [-0.3, -0.25) is 4.79 Å². The van der Waals surface area contributed by atoms with Crippen molar-refractivity contribution in [3.63, 3.8) is 0 Å². The Balaban J connectivity index is 1.47. The standard InChI is InChI=1S/C16H24N2OS/c1-12(13-4-2-3-5-13)17-10-16(19)18-8-6-15-14(11-18)7-9-20-15/h7,9,12-13,17H,2-6,8,10-11H2,1H3. The molecule has 1 aromatic heterocycles. The lowest BCUT2D eigenvalue weighted by Gasteiger charge is -2.28. The van der Waals surface area contributed by atoms with Crippen molar-refractivity contribution < 1.29 is 4.79 Å². The third-order valence-electron chi connectivity index (χ3n) is 4.84. The molecule has 1 aliphatic heterocycles. The van der Waals surface area contributed by atoms with E-state index in [1.807, 2.05) is 16.2 Å². The predicted octanol–water partition coefficient (Wildman–Crippen LogP) is 2.80. The number of thiophene rings is 1. The van der Waals surface area contributed by atoms with Gasteiger partial charge in [-0.25, -0.2) is 0 Å². The van der Waals surface area contributed by atoms with E-state index in [1.165, 1.54) is 36.1 Å². The van der Waals surface area contributed by atoms with Gasteiger partial charge in [0.2, 0.25) is 5.91 Å². The molecule has 2 aliphatic rings. The molecule has 1 amide bonds. The van der Waals surface area contributed by atoms with Crippen molar-refractivity contribution in [1.82, 2.24) is 10.2 Å². The lowest BCUT2D eigenvalue weighted by molar-refractivity contribution is -0.131. The Morgan fingerprint density at radius 2 is 2.30 bits per heavy atom. The van der Waals surface area contributed by atoms with E-state index in [9.17, 15) is 4.79 Å². The van der Waals surface area contributed by atoms with Gasteiger partial charge in [-0.15, -0.1) is 11.3 Å². The summed E-state index contributed by atoms with van der Waals surface area (Å²) in [5, 5.41) is 5.59. The van der Waals surface area contributed by atoms with Crippen LogP contribution in [0.5, 0.6) is 0 Å². The van der Waals surface area contributed by atoms with Gasteiger partial charge in [-0.1, -0.05) is 12.8 Å². The van der Waals surface area contributed by atoms with Gasteiger partial charge in [-0.2, -0.15) is 0 Å². The number of hydrogen-bond acceptors (Lipinski definition) is 3. The fourth-order valence-electron chi connectivity index (χ4n) is 3.45. The van der Waals surface area contributed by atoms with Gasteiger partial charge in [-0.05, 0) is 49.1 Å². The van der Waals surface area contributed by atoms with Crippen LogP contribution < -0.4 is 5.32 Å². The smallest absolute Gasteiger partial charge is 0.236 e. The van der Waals surface area contributed by atoms with Gasteiger partial charge in [0.1, 0.15) is 0 Å². The van der Waals surface area contributed by atoms with Crippen LogP contribution in [0.3, 0.4) is 0 Å². The van der Waals surface area contributed by atoms with E-state index < -0.39 is 0 Å². The Morgan fingerprint density at radius 1 is 1.50 bits per heavy atom. The number of nitrogens with zero attached hydrogens (tertiary/aromatic N) is 1. The Kier molecular flexibility index (Phi) is 4.41. The van der Waals surface area contributed by atoms with E-state index in [1.54, 1.807) is 0 Å². The van der Waals surface area contributed by atoms with Gasteiger partial charge < -0.3 is 10.2 Å². The molecule has 0 saturated heterocycles. The first-order valence-electron chi connectivity index (χ1n) is 7.80. The molecule has 110 valence electrons. The van der Waals surface area contributed by atoms with Crippen molar-refractivity contribution in [2.45, 2.75) is 51.6 Å². The summed E-state index contributed by atoms with van der Waals surface area (Å²) in [6.07, 6.45) is 6.39. The van der Waals surface area contributed by atoms with Crippen molar-refractivity contribution in [2.24, 2.45) is 5.92 Å². The van der Waals surface area contributed by atoms with Crippen LogP contribution in [-0.2, 0) is 17.8 Å². The molecule has 3 rings (SSSR count). The number of carbonyl (C=O) groups excluding carboxylic acids is 1. The van der Waals surface area contributed by atoms with E-state index in [-0.39, 0.29) is 5.91 Å². The predicted molar refractivity (Wildman–Crippen MR) is 82.9 cm³/mol. The van der Waals surface area contributed by atoms with Gasteiger partial charge in [0, 0.05) is 24.0 Å². The van der Waals surface area contributed by atoms with E-state index >= 15 is 0 Å². The van der Waals surface area contributed by atoms with Gasteiger partial charge in [0.15, 0.2) is 0 Å². The topological polar surface area (TPSA) is 32.3 Å². The maximum absolute atomic E-state index is 12.3. The van der Waals surface area contributed by atoms with Crippen molar-refractivity contribution in [3.05, 3.63) is 21.9 Å². The largest absolute Gasteiger partial charge is 0.337 e. The van der Waals surface area contributed by atoms with Crippen molar-refractivity contribution in [1.29, 1.82) is 0 Å². The molecule has 2 heterocycles. The van der Waals surface area contributed by atoms with E-state index in [0.29, 0.717) is 12.6 Å². The molecule has 0 radical (unpaired) electrons. The molecule has 1 saturated carbocycles. The van der Waals surface area contributed by atoms with Crippen LogP contribution in [-0.4, -0.2) is 29.9 Å². The van der Waals surface area contributed by atoms with Crippen LogP contribution in [0.1, 0.15) is 43.0 Å². The molecule has 1 aliphatic carbocycles. The zero-order valence-electron chi connectivity index (χ0n) is 12.2. The number of hydrogen-bond donors (Lipinski definition) is 1. The minimum atomic E-state index is 0.256. The molecule has 4 heteroatoms. The highest BCUT2D eigenvalue weighted by Crippen LogP contribution is 2.27. The minimum Gasteiger partial charge on any atom is -0.337 e. The maximum Gasteiger partial charge on any atom is 0.236 e. The van der Waals surface area contributed by atoms with Crippen molar-refractivity contribution >= 4 is 17.2 Å². The molecule has 1 aromatic rings. The summed E-state index contributed by atoms with van der Waals surface area (Å²) in [4.78, 5) is 15.8. The lowest BCUT2D eigenvalue weighted by atomic mass is 10.00. The first-order valence-corrected chi connectivity index (χ1v) is 8.68. The highest BCUT2D eigenvalue weighted by Gasteiger charge is 2.24. The molecule has 1 unspecified atom stereocenters. The Morgan fingerprint density at radius 3 is 3.10 bits per heavy atom. The normalized spacial score (nSPS) is 20.9. The average Bonchev–Trinajstić information content (AvgIpc) is 3.13. The number of carbonyl (C=O) groups is 1. The summed E-state index contributed by atoms with van der Waals surface area (Å²) in [6, 6.07) is 2.64. The molecule has 0 spiro atoms. The van der Waals surface area contributed by atoms with Gasteiger partial charge >= 0.3 is 0 Å². The molecular formula is C16H24N2OS. The average molecular weight is 292 g/mol. The zero-order valence-corrected chi connectivity index (χ0v) is 13.0. The Hall–Kier alpha value is -0.870. The second-order valence-corrected chi connectivity index (χ2v) is 7.15. The monoisotopic (exact) mass is 292 g/mol. The van der Waals surface area contributed by atoms with Crippen LogP contribution in [0.15, 0.2) is 11.4 Å². The summed E-state index contributed by atoms with van der Waals surface area (Å²) in [5.41, 5.74) is 1.35. The van der Waals surface area contributed by atoms with Crippen LogP contribution in [0.25, 0.3) is 0 Å². The van der Waals surface area contributed by atoms with Crippen LogP contribution in [0.2, 0.25) is 0 Å². The third-order valence-corrected chi connectivity index (χ3v) is 5.87. The molecular weight excluding hydrogens is 268 g/mol. The second kappa shape index (κ2) is 6.27. The summed E-state index contributed by atoms with van der Waals surface area (Å²) in [7, 11) is 0. The summed E-state index contributed by atoms with van der Waals surface area (Å²) >= 11 is 1.82. The molecule has 1 fully saturated rings. The Labute approximate surface area is 125 Å². The maximum atomic E-state index is 12.3. The first kappa shape index (κ1) is 14.1. The van der Waals surface area contributed by atoms with Crippen LogP contribution in [0.4, 0.5) is 0 Å². The summed E-state index contributed by atoms with van der Waals surface area (Å²) in [5.74, 6) is 1.03. The summed E-state index contributed by atoms with van der Waals surface area (Å²) in [6.45, 7) is 4.41. The number of amides is 1. The molecule has 0 aromatic carbocycles.